The van der Waals surface area contributed by atoms with Gasteiger partial charge in [-0.15, -0.1) is 0 Å². The summed E-state index contributed by atoms with van der Waals surface area (Å²) < 4.78 is 44.9. The molecule has 3 aromatic rings. The number of amides is 2. The number of ether oxygens (including phenoxy) is 1. The van der Waals surface area contributed by atoms with Crippen LogP contribution in [0.25, 0.3) is 0 Å². The van der Waals surface area contributed by atoms with Crippen molar-refractivity contribution in [1.82, 2.24) is 15.6 Å². The summed E-state index contributed by atoms with van der Waals surface area (Å²) in [5.74, 6) is 0.188. The highest BCUT2D eigenvalue weighted by atomic mass is 19.4. The molecule has 0 spiro atoms. The molecule has 3 N–H and O–H groups in total. The number of carbonyl (C=O) groups excluding carboxylic acids is 1. The number of carbonyl (C=O) groups is 1. The molecule has 3 rings (SSSR count). The van der Waals surface area contributed by atoms with Gasteiger partial charge < -0.3 is 20.7 Å². The van der Waals surface area contributed by atoms with Crippen LogP contribution < -0.4 is 20.7 Å². The maximum atomic E-state index is 13.1. The van der Waals surface area contributed by atoms with E-state index < -0.39 is 17.8 Å². The number of benzene rings is 2. The Morgan fingerprint density at radius 2 is 1.75 bits per heavy atom. The fourth-order valence-corrected chi connectivity index (χ4v) is 3.49. The van der Waals surface area contributed by atoms with E-state index >= 15 is 0 Å². The lowest BCUT2D eigenvalue weighted by Gasteiger charge is -2.15. The van der Waals surface area contributed by atoms with Crippen LogP contribution >= 0.6 is 0 Å². The first-order chi connectivity index (χ1) is 17.2. The Balaban J connectivity index is 1.60. The number of hydrogen-bond acceptors (Lipinski definition) is 4. The normalized spacial score (nSPS) is 12.2. The maximum absolute atomic E-state index is 13.1. The number of pyridine rings is 1. The lowest BCUT2D eigenvalue weighted by atomic mass is 10.0. The molecule has 0 radical (unpaired) electrons. The van der Waals surface area contributed by atoms with Crippen LogP contribution in [-0.4, -0.2) is 24.7 Å². The van der Waals surface area contributed by atoms with Crippen molar-refractivity contribution in [2.45, 2.75) is 45.5 Å². The minimum atomic E-state index is -4.53. The zero-order valence-corrected chi connectivity index (χ0v) is 20.6. The first-order valence-corrected chi connectivity index (χ1v) is 11.8. The number of rotatable bonds is 10. The molecule has 0 saturated heterocycles. The molecule has 2 amide bonds. The lowest BCUT2D eigenvalue weighted by molar-refractivity contribution is -0.137. The Hall–Kier alpha value is -3.59. The van der Waals surface area contributed by atoms with Crippen molar-refractivity contribution >= 4 is 11.7 Å². The van der Waals surface area contributed by atoms with Crippen LogP contribution in [0.5, 0.6) is 5.75 Å². The number of nitrogens with one attached hydrogen (secondary N) is 3. The van der Waals surface area contributed by atoms with Crippen LogP contribution in [0.1, 0.15) is 54.3 Å². The molecule has 1 heterocycles. The molecular weight excluding hydrogens is 469 g/mol. The average Bonchev–Trinajstić information content (AvgIpc) is 2.86. The Kier molecular flexibility index (Phi) is 9.30. The molecule has 0 aliphatic carbocycles. The van der Waals surface area contributed by atoms with Gasteiger partial charge in [0.15, 0.2) is 0 Å². The number of halogens is 3. The van der Waals surface area contributed by atoms with Crippen molar-refractivity contribution in [3.8, 4) is 5.75 Å². The molecule has 1 unspecified atom stereocenters. The summed E-state index contributed by atoms with van der Waals surface area (Å²) in [6, 6.07) is 14.4. The van der Waals surface area contributed by atoms with Crippen molar-refractivity contribution in [2.24, 2.45) is 0 Å². The second kappa shape index (κ2) is 12.4. The van der Waals surface area contributed by atoms with Crippen LogP contribution in [0.15, 0.2) is 60.8 Å². The van der Waals surface area contributed by atoms with Gasteiger partial charge in [-0.25, -0.2) is 4.79 Å². The number of nitrogens with zero attached hydrogens (tertiary/aromatic N) is 1. The molecule has 192 valence electrons. The van der Waals surface area contributed by atoms with Crippen LogP contribution in [-0.2, 0) is 19.1 Å². The number of urea groups is 1. The largest absolute Gasteiger partial charge is 0.491 e. The third kappa shape index (κ3) is 7.71. The third-order valence-corrected chi connectivity index (χ3v) is 5.62. The molecule has 0 fully saturated rings. The van der Waals surface area contributed by atoms with Gasteiger partial charge in [0, 0.05) is 18.8 Å². The van der Waals surface area contributed by atoms with Crippen molar-refractivity contribution < 1.29 is 22.7 Å². The van der Waals surface area contributed by atoms with Crippen LogP contribution in [0.3, 0.4) is 0 Å². The molecule has 6 nitrogen and oxygen atoms in total. The summed E-state index contributed by atoms with van der Waals surface area (Å²) in [6.07, 6.45) is -1.30. The van der Waals surface area contributed by atoms with E-state index in [1.807, 2.05) is 44.3 Å². The SMILES string of the molecule is CCCOc1ccc(C(F)(F)F)cc1NC(=O)NCc1ccc(Cc2ccnc(C(C)NC)c2)cc1. The van der Waals surface area contributed by atoms with Gasteiger partial charge in [-0.1, -0.05) is 31.2 Å². The molecule has 36 heavy (non-hydrogen) atoms. The predicted molar refractivity (Wildman–Crippen MR) is 134 cm³/mol. The standard InChI is InChI=1S/C27H31F3N4O2/c1-4-13-36-25-10-9-22(27(28,29)30)16-24(25)34-26(35)33-17-20-7-5-19(6-8-20)14-21-11-12-32-23(15-21)18(2)31-3/h5-12,15-16,18,31H,4,13-14,17H2,1-3H3,(H2,33,34,35). The average molecular weight is 501 g/mol. The summed E-state index contributed by atoms with van der Waals surface area (Å²) in [5.41, 5.74) is 3.20. The van der Waals surface area contributed by atoms with Gasteiger partial charge in [-0.3, -0.25) is 4.98 Å². The molecule has 0 aliphatic rings. The number of aromatic nitrogens is 1. The summed E-state index contributed by atoms with van der Waals surface area (Å²) in [6.45, 7) is 4.47. The summed E-state index contributed by atoms with van der Waals surface area (Å²) in [5, 5.41) is 8.34. The van der Waals surface area contributed by atoms with E-state index in [4.69, 9.17) is 4.74 Å². The second-order valence-corrected chi connectivity index (χ2v) is 8.46. The summed E-state index contributed by atoms with van der Waals surface area (Å²) in [7, 11) is 1.89. The van der Waals surface area contributed by atoms with Gasteiger partial charge in [-0.2, -0.15) is 13.2 Å². The maximum Gasteiger partial charge on any atom is 0.416 e. The van der Waals surface area contributed by atoms with E-state index in [1.165, 1.54) is 6.07 Å². The van der Waals surface area contributed by atoms with E-state index in [1.54, 1.807) is 6.20 Å². The highest BCUT2D eigenvalue weighted by Gasteiger charge is 2.31. The van der Waals surface area contributed by atoms with Gasteiger partial charge in [-0.05, 0) is 73.8 Å². The number of hydrogen-bond donors (Lipinski definition) is 3. The van der Waals surface area contributed by atoms with Gasteiger partial charge in [0.25, 0.3) is 0 Å². The first-order valence-electron chi connectivity index (χ1n) is 11.8. The van der Waals surface area contributed by atoms with Crippen molar-refractivity contribution in [3.05, 3.63) is 88.7 Å². The molecule has 0 saturated carbocycles. The fourth-order valence-electron chi connectivity index (χ4n) is 3.49. The summed E-state index contributed by atoms with van der Waals surface area (Å²) >= 11 is 0. The molecule has 0 aliphatic heterocycles. The van der Waals surface area contributed by atoms with Gasteiger partial charge in [0.2, 0.25) is 0 Å². The second-order valence-electron chi connectivity index (χ2n) is 8.46. The fraction of sp³-hybridized carbons (Fsp3) is 0.333. The monoisotopic (exact) mass is 500 g/mol. The third-order valence-electron chi connectivity index (χ3n) is 5.62. The highest BCUT2D eigenvalue weighted by Crippen LogP contribution is 2.35. The molecule has 1 aromatic heterocycles. The number of anilines is 1. The van der Waals surface area contributed by atoms with Crippen molar-refractivity contribution in [1.29, 1.82) is 0 Å². The quantitative estimate of drug-likeness (QED) is 0.315. The minimum Gasteiger partial charge on any atom is -0.491 e. The Morgan fingerprint density at radius 3 is 2.42 bits per heavy atom. The number of alkyl halides is 3. The minimum absolute atomic E-state index is 0.0320. The zero-order chi connectivity index (χ0) is 26.1. The molecule has 2 aromatic carbocycles. The molecule has 9 heteroatoms. The van der Waals surface area contributed by atoms with Crippen LogP contribution in [0, 0.1) is 0 Å². The van der Waals surface area contributed by atoms with E-state index in [9.17, 15) is 18.0 Å². The lowest BCUT2D eigenvalue weighted by Crippen LogP contribution is -2.28. The summed E-state index contributed by atoms with van der Waals surface area (Å²) in [4.78, 5) is 16.8. The Morgan fingerprint density at radius 1 is 1.03 bits per heavy atom. The van der Waals surface area contributed by atoms with Crippen molar-refractivity contribution in [2.75, 3.05) is 19.0 Å². The molecular formula is C27H31F3N4O2. The van der Waals surface area contributed by atoms with Crippen molar-refractivity contribution in [3.63, 3.8) is 0 Å². The Labute approximate surface area is 209 Å². The first kappa shape index (κ1) is 27.0. The van der Waals surface area contributed by atoms with Gasteiger partial charge >= 0.3 is 12.2 Å². The van der Waals surface area contributed by atoms with Gasteiger partial charge in [0.05, 0.1) is 23.6 Å². The predicted octanol–water partition coefficient (Wildman–Crippen LogP) is 6.08. The van der Waals surface area contributed by atoms with E-state index in [2.05, 4.69) is 33.9 Å². The van der Waals surface area contributed by atoms with E-state index in [-0.39, 0.29) is 24.0 Å². The molecule has 0 bridgehead atoms. The Bertz CT molecular complexity index is 1150. The zero-order valence-electron chi connectivity index (χ0n) is 20.6. The van der Waals surface area contributed by atoms with E-state index in [0.717, 1.165) is 40.9 Å². The molecule has 1 atom stereocenters. The highest BCUT2D eigenvalue weighted by molar-refractivity contribution is 5.91. The van der Waals surface area contributed by atoms with Crippen LogP contribution in [0.2, 0.25) is 0 Å². The topological polar surface area (TPSA) is 75.3 Å². The van der Waals surface area contributed by atoms with E-state index in [0.29, 0.717) is 13.0 Å². The van der Waals surface area contributed by atoms with Gasteiger partial charge in [0.1, 0.15) is 5.75 Å². The smallest absolute Gasteiger partial charge is 0.416 e. The van der Waals surface area contributed by atoms with Crippen LogP contribution in [0.4, 0.5) is 23.7 Å².